The molecule has 29 heavy (non-hydrogen) atoms. The maximum absolute atomic E-state index is 12.5. The number of carbonyl (C=O) groups is 2. The molecule has 7 heteroatoms. The van der Waals surface area contributed by atoms with Crippen molar-refractivity contribution in [2.75, 3.05) is 18.0 Å². The largest absolute Gasteiger partial charge is 0.452 e. The van der Waals surface area contributed by atoms with Crippen LogP contribution < -0.4 is 10.2 Å². The van der Waals surface area contributed by atoms with Gasteiger partial charge in [-0.05, 0) is 50.7 Å². The highest BCUT2D eigenvalue weighted by Crippen LogP contribution is 2.25. The van der Waals surface area contributed by atoms with Gasteiger partial charge in [-0.15, -0.1) is 0 Å². The van der Waals surface area contributed by atoms with Crippen LogP contribution in [0.2, 0.25) is 0 Å². The van der Waals surface area contributed by atoms with Gasteiger partial charge in [-0.2, -0.15) is 5.26 Å². The van der Waals surface area contributed by atoms with E-state index in [4.69, 9.17) is 10.00 Å². The summed E-state index contributed by atoms with van der Waals surface area (Å²) in [6, 6.07) is 5.82. The first-order valence-corrected chi connectivity index (χ1v) is 10.6. The predicted molar refractivity (Wildman–Crippen MR) is 109 cm³/mol. The molecule has 2 aliphatic rings. The van der Waals surface area contributed by atoms with E-state index in [1.807, 2.05) is 6.07 Å². The van der Waals surface area contributed by atoms with Gasteiger partial charge < -0.3 is 15.0 Å². The minimum absolute atomic E-state index is 0.181. The maximum Gasteiger partial charge on any atom is 0.309 e. The molecule has 0 radical (unpaired) electrons. The van der Waals surface area contributed by atoms with Crippen molar-refractivity contribution < 1.29 is 14.3 Å². The second kappa shape index (κ2) is 9.73. The molecule has 0 bridgehead atoms. The van der Waals surface area contributed by atoms with Crippen LogP contribution in [0.15, 0.2) is 18.3 Å². The highest BCUT2D eigenvalue weighted by Gasteiger charge is 2.30. The van der Waals surface area contributed by atoms with Crippen LogP contribution >= 0.6 is 0 Å². The van der Waals surface area contributed by atoms with Gasteiger partial charge in [0, 0.05) is 25.3 Å². The SMILES string of the molecule is C[C@H](OC(=O)C1CCN(c2ccc(C#N)cn2)CC1)C(=O)N[C@@H]1CCCC[C@@H]1C. The Hall–Kier alpha value is -2.62. The van der Waals surface area contributed by atoms with E-state index in [-0.39, 0.29) is 23.8 Å². The van der Waals surface area contributed by atoms with Crippen molar-refractivity contribution in [2.45, 2.75) is 64.5 Å². The molecule has 7 nitrogen and oxygen atoms in total. The molecule has 1 aromatic rings. The molecule has 3 rings (SSSR count). The summed E-state index contributed by atoms with van der Waals surface area (Å²) >= 11 is 0. The molecule has 1 aliphatic heterocycles. The van der Waals surface area contributed by atoms with Gasteiger partial charge in [-0.3, -0.25) is 9.59 Å². The smallest absolute Gasteiger partial charge is 0.309 e. The Morgan fingerprint density at radius 2 is 1.97 bits per heavy atom. The van der Waals surface area contributed by atoms with Crippen LogP contribution in [0.1, 0.15) is 57.9 Å². The van der Waals surface area contributed by atoms with E-state index in [1.165, 1.54) is 6.42 Å². The van der Waals surface area contributed by atoms with Crippen molar-refractivity contribution in [1.82, 2.24) is 10.3 Å². The van der Waals surface area contributed by atoms with Gasteiger partial charge >= 0.3 is 5.97 Å². The molecular formula is C22H30N4O3. The molecule has 156 valence electrons. The van der Waals surface area contributed by atoms with Crippen LogP contribution in [-0.2, 0) is 14.3 Å². The molecule has 0 spiro atoms. The topological polar surface area (TPSA) is 95.3 Å². The summed E-state index contributed by atoms with van der Waals surface area (Å²) in [4.78, 5) is 31.4. The molecule has 0 aromatic carbocycles. The van der Waals surface area contributed by atoms with Gasteiger partial charge in [-0.1, -0.05) is 19.8 Å². The van der Waals surface area contributed by atoms with Crippen molar-refractivity contribution >= 4 is 17.7 Å². The molecular weight excluding hydrogens is 368 g/mol. The average Bonchev–Trinajstić information content (AvgIpc) is 2.75. The van der Waals surface area contributed by atoms with Crippen LogP contribution in [0, 0.1) is 23.2 Å². The fourth-order valence-electron chi connectivity index (χ4n) is 4.14. The summed E-state index contributed by atoms with van der Waals surface area (Å²) in [5.74, 6) is 0.586. The Balaban J connectivity index is 1.45. The quantitative estimate of drug-likeness (QED) is 0.767. The summed E-state index contributed by atoms with van der Waals surface area (Å²) in [5.41, 5.74) is 0.530. The molecule has 2 heterocycles. The number of aromatic nitrogens is 1. The number of rotatable bonds is 5. The monoisotopic (exact) mass is 398 g/mol. The van der Waals surface area contributed by atoms with E-state index in [0.29, 0.717) is 37.4 Å². The summed E-state index contributed by atoms with van der Waals surface area (Å²) in [5, 5.41) is 11.9. The molecule has 1 aromatic heterocycles. The lowest BCUT2D eigenvalue weighted by Crippen LogP contribution is -2.46. The molecule has 1 saturated heterocycles. The first-order valence-electron chi connectivity index (χ1n) is 10.6. The standard InChI is InChI=1S/C22H30N4O3/c1-15-5-3-4-6-19(15)25-21(27)16(2)29-22(28)18-9-11-26(12-10-18)20-8-7-17(13-23)14-24-20/h7-8,14-16,18-19H,3-6,9-12H2,1-2H3,(H,25,27)/t15-,16-,19+/m0/s1. The van der Waals surface area contributed by atoms with Crippen LogP contribution in [0.4, 0.5) is 5.82 Å². The normalized spacial score (nSPS) is 23.7. The average molecular weight is 399 g/mol. The Kier molecular flexibility index (Phi) is 7.08. The highest BCUT2D eigenvalue weighted by atomic mass is 16.5. The Labute approximate surface area is 172 Å². The number of amides is 1. The van der Waals surface area contributed by atoms with Crippen LogP contribution in [0.3, 0.4) is 0 Å². The third-order valence-electron chi connectivity index (χ3n) is 6.13. The minimum Gasteiger partial charge on any atom is -0.452 e. The molecule has 1 aliphatic carbocycles. The fourth-order valence-corrected chi connectivity index (χ4v) is 4.14. The number of piperidine rings is 1. The van der Waals surface area contributed by atoms with Gasteiger partial charge in [0.15, 0.2) is 6.10 Å². The van der Waals surface area contributed by atoms with E-state index >= 15 is 0 Å². The molecule has 3 atom stereocenters. The molecule has 1 amide bonds. The van der Waals surface area contributed by atoms with Crippen molar-refractivity contribution in [3.05, 3.63) is 23.9 Å². The van der Waals surface area contributed by atoms with Crippen molar-refractivity contribution in [3.8, 4) is 6.07 Å². The minimum atomic E-state index is -0.769. The third-order valence-corrected chi connectivity index (χ3v) is 6.13. The second-order valence-electron chi connectivity index (χ2n) is 8.23. The summed E-state index contributed by atoms with van der Waals surface area (Å²) in [7, 11) is 0. The lowest BCUT2D eigenvalue weighted by Gasteiger charge is -2.32. The van der Waals surface area contributed by atoms with Gasteiger partial charge in [0.25, 0.3) is 5.91 Å². The number of hydrogen-bond donors (Lipinski definition) is 1. The van der Waals surface area contributed by atoms with Crippen molar-refractivity contribution in [1.29, 1.82) is 5.26 Å². The van der Waals surface area contributed by atoms with Gasteiger partial charge in [0.05, 0.1) is 11.5 Å². The summed E-state index contributed by atoms with van der Waals surface area (Å²) < 4.78 is 5.48. The lowest BCUT2D eigenvalue weighted by atomic mass is 9.86. The number of nitrogens with zero attached hydrogens (tertiary/aromatic N) is 3. The fraction of sp³-hybridized carbons (Fsp3) is 0.636. The number of esters is 1. The number of nitrogens with one attached hydrogen (secondary N) is 1. The highest BCUT2D eigenvalue weighted by molar-refractivity contribution is 5.84. The number of ether oxygens (including phenoxy) is 1. The number of nitriles is 1. The molecule has 1 saturated carbocycles. The zero-order valence-electron chi connectivity index (χ0n) is 17.3. The number of anilines is 1. The van der Waals surface area contributed by atoms with E-state index < -0.39 is 6.10 Å². The number of pyridine rings is 1. The third kappa shape index (κ3) is 5.47. The zero-order valence-corrected chi connectivity index (χ0v) is 17.3. The van der Waals surface area contributed by atoms with Gasteiger partial charge in [-0.25, -0.2) is 4.98 Å². The lowest BCUT2D eigenvalue weighted by molar-refractivity contribution is -0.159. The molecule has 0 unspecified atom stereocenters. The predicted octanol–water partition coefficient (Wildman–Crippen LogP) is 2.80. The van der Waals surface area contributed by atoms with E-state index in [0.717, 1.165) is 25.1 Å². The van der Waals surface area contributed by atoms with E-state index in [1.54, 1.807) is 19.2 Å². The first-order chi connectivity index (χ1) is 14.0. The van der Waals surface area contributed by atoms with Gasteiger partial charge in [0.1, 0.15) is 11.9 Å². The van der Waals surface area contributed by atoms with E-state index in [9.17, 15) is 9.59 Å². The van der Waals surface area contributed by atoms with Gasteiger partial charge in [0.2, 0.25) is 0 Å². The van der Waals surface area contributed by atoms with Crippen LogP contribution in [0.5, 0.6) is 0 Å². The summed E-state index contributed by atoms with van der Waals surface area (Å²) in [6.45, 7) is 5.20. The molecule has 1 N–H and O–H groups in total. The van der Waals surface area contributed by atoms with Crippen LogP contribution in [-0.4, -0.2) is 42.1 Å². The number of carbonyl (C=O) groups excluding carboxylic acids is 2. The van der Waals surface area contributed by atoms with Crippen molar-refractivity contribution in [2.24, 2.45) is 11.8 Å². The Morgan fingerprint density at radius 1 is 1.24 bits per heavy atom. The Morgan fingerprint density at radius 3 is 2.59 bits per heavy atom. The maximum atomic E-state index is 12.5. The number of hydrogen-bond acceptors (Lipinski definition) is 6. The van der Waals surface area contributed by atoms with Crippen molar-refractivity contribution in [3.63, 3.8) is 0 Å². The zero-order chi connectivity index (χ0) is 20.8. The summed E-state index contributed by atoms with van der Waals surface area (Å²) in [6.07, 6.45) is 6.59. The Bertz CT molecular complexity index is 750. The first kappa shape index (κ1) is 21.1. The second-order valence-corrected chi connectivity index (χ2v) is 8.23. The molecule has 2 fully saturated rings. The van der Waals surface area contributed by atoms with Crippen LogP contribution in [0.25, 0.3) is 0 Å². The van der Waals surface area contributed by atoms with E-state index in [2.05, 4.69) is 28.2 Å².